The van der Waals surface area contributed by atoms with Crippen molar-refractivity contribution >= 4 is 0 Å². The lowest BCUT2D eigenvalue weighted by molar-refractivity contribution is 0.306. The van der Waals surface area contributed by atoms with Gasteiger partial charge in [0.15, 0.2) is 0 Å². The van der Waals surface area contributed by atoms with E-state index < -0.39 is 0 Å². The molecule has 0 unspecified atom stereocenters. The molecule has 1 aromatic carbocycles. The van der Waals surface area contributed by atoms with E-state index in [1.54, 1.807) is 14.2 Å². The van der Waals surface area contributed by atoms with Crippen LogP contribution in [0.15, 0.2) is 18.2 Å². The molecular weight excluding hydrogens is 226 g/mol. The highest BCUT2D eigenvalue weighted by atomic mass is 16.5. The maximum atomic E-state index is 6.41. The Morgan fingerprint density at radius 1 is 1.00 bits per heavy atom. The molecule has 0 aliphatic heterocycles. The molecule has 0 heterocycles. The van der Waals surface area contributed by atoms with Crippen LogP contribution in [0.2, 0.25) is 0 Å². The molecule has 100 valence electrons. The lowest BCUT2D eigenvalue weighted by Gasteiger charge is -2.28. The lowest BCUT2D eigenvalue weighted by Crippen LogP contribution is -2.23. The van der Waals surface area contributed by atoms with E-state index in [0.717, 1.165) is 17.1 Å². The van der Waals surface area contributed by atoms with Crippen LogP contribution >= 0.6 is 0 Å². The quantitative estimate of drug-likeness (QED) is 0.890. The zero-order valence-electron chi connectivity index (χ0n) is 11.3. The summed E-state index contributed by atoms with van der Waals surface area (Å²) in [5.41, 5.74) is 7.53. The molecule has 2 N–H and O–H groups in total. The van der Waals surface area contributed by atoms with Gasteiger partial charge in [0.05, 0.1) is 14.2 Å². The van der Waals surface area contributed by atoms with E-state index in [4.69, 9.17) is 15.2 Å². The van der Waals surface area contributed by atoms with Crippen molar-refractivity contribution in [1.82, 2.24) is 0 Å². The van der Waals surface area contributed by atoms with Crippen LogP contribution in [-0.4, -0.2) is 14.2 Å². The molecule has 1 saturated carbocycles. The maximum Gasteiger partial charge on any atom is 0.122 e. The number of nitrogens with two attached hydrogens (primary N) is 1. The van der Waals surface area contributed by atoms with Crippen molar-refractivity contribution in [2.75, 3.05) is 14.2 Å². The summed E-state index contributed by atoms with van der Waals surface area (Å²) in [5.74, 6) is 2.22. The summed E-state index contributed by atoms with van der Waals surface area (Å²) in [5, 5.41) is 0. The Bertz CT molecular complexity index is 364. The topological polar surface area (TPSA) is 44.5 Å². The van der Waals surface area contributed by atoms with Crippen molar-refractivity contribution in [2.24, 2.45) is 11.7 Å². The molecule has 18 heavy (non-hydrogen) atoms. The zero-order valence-corrected chi connectivity index (χ0v) is 11.3. The Morgan fingerprint density at radius 3 is 2.06 bits per heavy atom. The highest BCUT2D eigenvalue weighted by Gasteiger charge is 2.22. The van der Waals surface area contributed by atoms with Crippen molar-refractivity contribution in [1.29, 1.82) is 0 Å². The van der Waals surface area contributed by atoms with Crippen LogP contribution < -0.4 is 15.2 Å². The summed E-state index contributed by atoms with van der Waals surface area (Å²) < 4.78 is 10.6. The number of hydrogen-bond donors (Lipinski definition) is 1. The molecule has 0 amide bonds. The average Bonchev–Trinajstić information content (AvgIpc) is 2.46. The van der Waals surface area contributed by atoms with Crippen LogP contribution in [0.3, 0.4) is 0 Å². The van der Waals surface area contributed by atoms with Crippen LogP contribution in [0.1, 0.15) is 43.7 Å². The fraction of sp³-hybridized carbons (Fsp3) is 0.600. The van der Waals surface area contributed by atoms with Crippen molar-refractivity contribution in [2.45, 2.75) is 38.1 Å². The molecule has 1 aliphatic carbocycles. The Hall–Kier alpha value is -1.22. The Kier molecular flexibility index (Phi) is 4.48. The molecule has 0 aromatic heterocycles. The van der Waals surface area contributed by atoms with E-state index in [0.29, 0.717) is 5.92 Å². The smallest absolute Gasteiger partial charge is 0.122 e. The van der Waals surface area contributed by atoms with Gasteiger partial charge in [-0.3, -0.25) is 0 Å². The van der Waals surface area contributed by atoms with Gasteiger partial charge < -0.3 is 15.2 Å². The van der Waals surface area contributed by atoms with Gasteiger partial charge in [-0.1, -0.05) is 19.3 Å². The molecule has 1 fully saturated rings. The predicted octanol–water partition coefficient (Wildman–Crippen LogP) is 3.28. The number of methoxy groups -OCH3 is 2. The molecule has 0 saturated heterocycles. The first-order valence-electron chi connectivity index (χ1n) is 6.73. The maximum absolute atomic E-state index is 6.41. The van der Waals surface area contributed by atoms with Gasteiger partial charge in [-0.2, -0.15) is 0 Å². The zero-order chi connectivity index (χ0) is 13.0. The minimum absolute atomic E-state index is 0.0919. The molecule has 0 bridgehead atoms. The monoisotopic (exact) mass is 249 g/mol. The first-order valence-corrected chi connectivity index (χ1v) is 6.73. The van der Waals surface area contributed by atoms with Gasteiger partial charge in [0.1, 0.15) is 11.5 Å². The van der Waals surface area contributed by atoms with Gasteiger partial charge >= 0.3 is 0 Å². The van der Waals surface area contributed by atoms with Crippen molar-refractivity contribution in [3.63, 3.8) is 0 Å². The Morgan fingerprint density at radius 2 is 1.56 bits per heavy atom. The summed E-state index contributed by atoms with van der Waals surface area (Å²) in [6.07, 6.45) is 6.44. The molecule has 3 nitrogen and oxygen atoms in total. The average molecular weight is 249 g/mol. The van der Waals surface area contributed by atoms with E-state index in [2.05, 4.69) is 0 Å². The second-order valence-corrected chi connectivity index (χ2v) is 5.07. The predicted molar refractivity (Wildman–Crippen MR) is 73.0 cm³/mol. The Balaban J connectivity index is 2.19. The van der Waals surface area contributed by atoms with Crippen molar-refractivity contribution in [3.8, 4) is 11.5 Å². The van der Waals surface area contributed by atoms with Crippen LogP contribution in [-0.2, 0) is 0 Å². The first-order chi connectivity index (χ1) is 8.74. The van der Waals surface area contributed by atoms with Crippen LogP contribution in [0.5, 0.6) is 11.5 Å². The molecule has 1 atom stereocenters. The second-order valence-electron chi connectivity index (χ2n) is 5.07. The molecule has 3 heteroatoms. The second kappa shape index (κ2) is 6.10. The third kappa shape index (κ3) is 2.96. The van der Waals surface area contributed by atoms with Crippen LogP contribution in [0.4, 0.5) is 0 Å². The SMILES string of the molecule is COc1cc(OC)cc([C@H](N)C2CCCCC2)c1. The van der Waals surface area contributed by atoms with E-state index in [-0.39, 0.29) is 6.04 Å². The first kappa shape index (κ1) is 13.2. The molecule has 1 aromatic rings. The summed E-state index contributed by atoms with van der Waals surface area (Å²) in [6.45, 7) is 0. The third-order valence-corrected chi connectivity index (χ3v) is 3.92. The molecule has 0 radical (unpaired) electrons. The number of rotatable bonds is 4. The van der Waals surface area contributed by atoms with Gasteiger partial charge in [-0.25, -0.2) is 0 Å². The molecule has 0 spiro atoms. The minimum Gasteiger partial charge on any atom is -0.497 e. The van der Waals surface area contributed by atoms with Crippen molar-refractivity contribution < 1.29 is 9.47 Å². The number of ether oxygens (including phenoxy) is 2. The fourth-order valence-corrected chi connectivity index (χ4v) is 2.79. The number of hydrogen-bond acceptors (Lipinski definition) is 3. The summed E-state index contributed by atoms with van der Waals surface area (Å²) in [7, 11) is 3.34. The van der Waals surface area contributed by atoms with Crippen LogP contribution in [0.25, 0.3) is 0 Å². The number of benzene rings is 1. The van der Waals surface area contributed by atoms with E-state index in [1.165, 1.54) is 32.1 Å². The van der Waals surface area contributed by atoms with Gasteiger partial charge in [0.25, 0.3) is 0 Å². The van der Waals surface area contributed by atoms with E-state index in [1.807, 2.05) is 18.2 Å². The summed E-state index contributed by atoms with van der Waals surface area (Å²) in [6, 6.07) is 6.04. The van der Waals surface area contributed by atoms with Gasteiger partial charge in [-0.15, -0.1) is 0 Å². The van der Waals surface area contributed by atoms with E-state index >= 15 is 0 Å². The normalized spacial score (nSPS) is 18.4. The van der Waals surface area contributed by atoms with Gasteiger partial charge in [0, 0.05) is 12.1 Å². The van der Waals surface area contributed by atoms with E-state index in [9.17, 15) is 0 Å². The largest absolute Gasteiger partial charge is 0.497 e. The van der Waals surface area contributed by atoms with Gasteiger partial charge in [-0.05, 0) is 36.5 Å². The Labute approximate surface area is 109 Å². The summed E-state index contributed by atoms with van der Waals surface area (Å²) >= 11 is 0. The lowest BCUT2D eigenvalue weighted by atomic mass is 9.81. The fourth-order valence-electron chi connectivity index (χ4n) is 2.79. The minimum atomic E-state index is 0.0919. The summed E-state index contributed by atoms with van der Waals surface area (Å²) in [4.78, 5) is 0. The third-order valence-electron chi connectivity index (χ3n) is 3.92. The highest BCUT2D eigenvalue weighted by Crippen LogP contribution is 2.35. The van der Waals surface area contributed by atoms with Gasteiger partial charge in [0.2, 0.25) is 0 Å². The standard InChI is InChI=1S/C15H23NO2/c1-17-13-8-12(9-14(10-13)18-2)15(16)11-6-4-3-5-7-11/h8-11,15H,3-7,16H2,1-2H3/t15-/m1/s1. The molecular formula is C15H23NO2. The van der Waals surface area contributed by atoms with Crippen LogP contribution in [0, 0.1) is 5.92 Å². The molecule has 2 rings (SSSR count). The molecule has 1 aliphatic rings. The van der Waals surface area contributed by atoms with Crippen molar-refractivity contribution in [3.05, 3.63) is 23.8 Å². The highest BCUT2D eigenvalue weighted by molar-refractivity contribution is 5.40.